The third-order valence-corrected chi connectivity index (χ3v) is 3.23. The fraction of sp³-hybridized carbons (Fsp3) is 0.500. The summed E-state index contributed by atoms with van der Waals surface area (Å²) in [6.45, 7) is 0.723. The van der Waals surface area contributed by atoms with Crippen LogP contribution in [0.1, 0.15) is 23.4 Å². The highest BCUT2D eigenvalue weighted by atomic mass is 16.6. The number of hydrogen-bond donors (Lipinski definition) is 0. The third-order valence-electron chi connectivity index (χ3n) is 3.23. The van der Waals surface area contributed by atoms with Gasteiger partial charge >= 0.3 is 11.9 Å². The van der Waals surface area contributed by atoms with E-state index in [1.807, 2.05) is 0 Å². The van der Waals surface area contributed by atoms with Crippen LogP contribution in [0.25, 0.3) is 0 Å². The van der Waals surface area contributed by atoms with E-state index in [2.05, 4.69) is 4.74 Å². The number of ether oxygens (including phenoxy) is 1. The van der Waals surface area contributed by atoms with E-state index in [-0.39, 0.29) is 24.2 Å². The molecule has 1 aromatic heterocycles. The van der Waals surface area contributed by atoms with Crippen LogP contribution in [-0.4, -0.2) is 41.9 Å². The molecule has 0 spiro atoms. The average molecular weight is 282 g/mol. The predicted octanol–water partition coefficient (Wildman–Crippen LogP) is 1.21. The second kappa shape index (κ2) is 5.72. The molecule has 1 unspecified atom stereocenters. The van der Waals surface area contributed by atoms with Crippen molar-refractivity contribution in [2.24, 2.45) is 5.92 Å². The number of carbonyl (C=O) groups is 2. The lowest BCUT2D eigenvalue weighted by Gasteiger charge is -2.30. The smallest absolute Gasteiger partial charge is 0.433 e. The largest absolute Gasteiger partial charge is 0.469 e. The number of methoxy groups -OCH3 is 1. The first-order valence-corrected chi connectivity index (χ1v) is 6.14. The second-order valence-corrected chi connectivity index (χ2v) is 4.51. The molecule has 0 N–H and O–H groups in total. The molecule has 1 fully saturated rings. The summed E-state index contributed by atoms with van der Waals surface area (Å²) in [6, 6.07) is 2.40. The molecule has 0 bridgehead atoms. The van der Waals surface area contributed by atoms with Crippen molar-refractivity contribution < 1.29 is 23.7 Å². The van der Waals surface area contributed by atoms with Gasteiger partial charge in [0.2, 0.25) is 0 Å². The van der Waals surface area contributed by atoms with E-state index in [0.717, 1.165) is 6.07 Å². The van der Waals surface area contributed by atoms with Gasteiger partial charge in [-0.2, -0.15) is 0 Å². The molecule has 1 atom stereocenters. The first kappa shape index (κ1) is 14.0. The molecule has 0 radical (unpaired) electrons. The van der Waals surface area contributed by atoms with E-state index in [1.54, 1.807) is 0 Å². The molecule has 0 aromatic carbocycles. The number of piperidine rings is 1. The van der Waals surface area contributed by atoms with Crippen LogP contribution in [0, 0.1) is 16.0 Å². The first-order valence-electron chi connectivity index (χ1n) is 6.14. The summed E-state index contributed by atoms with van der Waals surface area (Å²) in [7, 11) is 1.30. The summed E-state index contributed by atoms with van der Waals surface area (Å²) in [5.74, 6) is -1.74. The fourth-order valence-corrected chi connectivity index (χ4v) is 2.22. The molecule has 0 saturated carbocycles. The van der Waals surface area contributed by atoms with E-state index in [9.17, 15) is 19.7 Å². The van der Waals surface area contributed by atoms with Gasteiger partial charge in [0.25, 0.3) is 5.91 Å². The zero-order chi connectivity index (χ0) is 14.7. The Kier molecular flexibility index (Phi) is 4.02. The molecular formula is C12H14N2O6. The van der Waals surface area contributed by atoms with Gasteiger partial charge in [0.15, 0.2) is 5.76 Å². The molecule has 8 nitrogen and oxygen atoms in total. The zero-order valence-corrected chi connectivity index (χ0v) is 10.9. The lowest BCUT2D eigenvalue weighted by molar-refractivity contribution is -0.402. The minimum Gasteiger partial charge on any atom is -0.469 e. The molecule has 108 valence electrons. The highest BCUT2D eigenvalue weighted by molar-refractivity contribution is 5.92. The maximum absolute atomic E-state index is 12.1. The van der Waals surface area contributed by atoms with Crippen molar-refractivity contribution in [1.29, 1.82) is 0 Å². The van der Waals surface area contributed by atoms with Crippen molar-refractivity contribution in [1.82, 2.24) is 4.90 Å². The van der Waals surface area contributed by atoms with E-state index >= 15 is 0 Å². The number of hydrogen-bond acceptors (Lipinski definition) is 6. The van der Waals surface area contributed by atoms with Gasteiger partial charge in [-0.25, -0.2) is 0 Å². The predicted molar refractivity (Wildman–Crippen MR) is 66.0 cm³/mol. The Morgan fingerprint density at radius 2 is 2.25 bits per heavy atom. The normalized spacial score (nSPS) is 18.6. The molecule has 1 aliphatic heterocycles. The van der Waals surface area contributed by atoms with Crippen LogP contribution in [0.15, 0.2) is 16.5 Å². The SMILES string of the molecule is COC(=O)C1CCCN(C(=O)c2ccc([N+](=O)[O-])o2)C1. The summed E-state index contributed by atoms with van der Waals surface area (Å²) in [5, 5.41) is 10.5. The van der Waals surface area contributed by atoms with Crippen molar-refractivity contribution in [2.45, 2.75) is 12.8 Å². The summed E-state index contributed by atoms with van der Waals surface area (Å²) < 4.78 is 9.55. The fourth-order valence-electron chi connectivity index (χ4n) is 2.22. The Labute approximate surface area is 114 Å². The van der Waals surface area contributed by atoms with Crippen LogP contribution >= 0.6 is 0 Å². The molecule has 1 aliphatic rings. The van der Waals surface area contributed by atoms with Gasteiger partial charge < -0.3 is 14.1 Å². The van der Waals surface area contributed by atoms with Crippen molar-refractivity contribution in [3.63, 3.8) is 0 Å². The summed E-state index contributed by atoms with van der Waals surface area (Å²) in [4.78, 5) is 34.9. The number of esters is 1. The van der Waals surface area contributed by atoms with Crippen molar-refractivity contribution in [2.75, 3.05) is 20.2 Å². The number of rotatable bonds is 3. The standard InChI is InChI=1S/C12H14N2O6/c1-19-12(16)8-3-2-6-13(7-8)11(15)9-4-5-10(20-9)14(17)18/h4-5,8H,2-3,6-7H2,1H3. The van der Waals surface area contributed by atoms with Crippen LogP contribution in [0.5, 0.6) is 0 Å². The summed E-state index contributed by atoms with van der Waals surface area (Å²) in [6.07, 6.45) is 1.34. The van der Waals surface area contributed by atoms with E-state index in [4.69, 9.17) is 4.42 Å². The number of amides is 1. The number of nitro groups is 1. The van der Waals surface area contributed by atoms with E-state index in [0.29, 0.717) is 19.4 Å². The minimum atomic E-state index is -0.704. The number of carbonyl (C=O) groups excluding carboxylic acids is 2. The Morgan fingerprint density at radius 1 is 1.50 bits per heavy atom. The Hall–Kier alpha value is -2.38. The minimum absolute atomic E-state index is 0.0952. The molecule has 1 aromatic rings. The Balaban J connectivity index is 2.08. The molecule has 2 rings (SSSR count). The summed E-state index contributed by atoms with van der Waals surface area (Å²) in [5.41, 5.74) is 0. The molecule has 0 aliphatic carbocycles. The van der Waals surface area contributed by atoms with Crippen LogP contribution < -0.4 is 0 Å². The highest BCUT2D eigenvalue weighted by Crippen LogP contribution is 2.22. The third kappa shape index (κ3) is 2.79. The highest BCUT2D eigenvalue weighted by Gasteiger charge is 2.31. The molecule has 1 amide bonds. The molecule has 2 heterocycles. The Bertz CT molecular complexity index is 538. The van der Waals surface area contributed by atoms with Gasteiger partial charge in [-0.15, -0.1) is 0 Å². The van der Waals surface area contributed by atoms with Gasteiger partial charge in [0, 0.05) is 13.1 Å². The second-order valence-electron chi connectivity index (χ2n) is 4.51. The average Bonchev–Trinajstić information content (AvgIpc) is 2.95. The van der Waals surface area contributed by atoms with Crippen molar-refractivity contribution in [3.05, 3.63) is 28.0 Å². The van der Waals surface area contributed by atoms with E-state index in [1.165, 1.54) is 18.1 Å². The maximum Gasteiger partial charge on any atom is 0.433 e. The van der Waals surface area contributed by atoms with Crippen LogP contribution in [-0.2, 0) is 9.53 Å². The van der Waals surface area contributed by atoms with Gasteiger partial charge in [0.05, 0.1) is 19.1 Å². The zero-order valence-electron chi connectivity index (χ0n) is 10.9. The van der Waals surface area contributed by atoms with Crippen LogP contribution in [0.2, 0.25) is 0 Å². The van der Waals surface area contributed by atoms with Gasteiger partial charge in [-0.05, 0) is 18.9 Å². The quantitative estimate of drug-likeness (QED) is 0.469. The van der Waals surface area contributed by atoms with Gasteiger partial charge in [0.1, 0.15) is 4.92 Å². The van der Waals surface area contributed by atoms with E-state index < -0.39 is 16.7 Å². The molecule has 8 heteroatoms. The van der Waals surface area contributed by atoms with Crippen molar-refractivity contribution >= 4 is 17.8 Å². The monoisotopic (exact) mass is 282 g/mol. The molecular weight excluding hydrogens is 268 g/mol. The lowest BCUT2D eigenvalue weighted by Crippen LogP contribution is -2.42. The maximum atomic E-state index is 12.1. The topological polar surface area (TPSA) is 103 Å². The molecule has 20 heavy (non-hydrogen) atoms. The lowest BCUT2D eigenvalue weighted by atomic mass is 9.98. The van der Waals surface area contributed by atoms with Crippen molar-refractivity contribution in [3.8, 4) is 0 Å². The summed E-state index contributed by atoms with van der Waals surface area (Å²) >= 11 is 0. The van der Waals surface area contributed by atoms with Crippen LogP contribution in [0.3, 0.4) is 0 Å². The van der Waals surface area contributed by atoms with Gasteiger partial charge in [-0.3, -0.25) is 19.7 Å². The van der Waals surface area contributed by atoms with Gasteiger partial charge in [-0.1, -0.05) is 0 Å². The molecule has 1 saturated heterocycles. The number of nitrogens with zero attached hydrogens (tertiary/aromatic N) is 2. The van der Waals surface area contributed by atoms with Crippen LogP contribution in [0.4, 0.5) is 5.88 Å². The number of furan rings is 1. The number of likely N-dealkylation sites (tertiary alicyclic amines) is 1. The Morgan fingerprint density at radius 3 is 2.85 bits per heavy atom. The first-order chi connectivity index (χ1) is 9.52.